The number of carbonyl (C=O) groups excluding carboxylic acids is 1. The summed E-state index contributed by atoms with van der Waals surface area (Å²) in [6, 6.07) is 0. The molecule has 0 atom stereocenters. The largest absolute Gasteiger partial charge is 0.460 e. The van der Waals surface area contributed by atoms with Crippen molar-refractivity contribution in [2.75, 3.05) is 6.61 Å². The van der Waals surface area contributed by atoms with Gasteiger partial charge in [-0.2, -0.15) is 48.3 Å². The number of allylic oxidation sites excluding steroid dienone is 1. The Morgan fingerprint density at radius 2 is 1.26 bits per heavy atom. The molecule has 0 bridgehead atoms. The summed E-state index contributed by atoms with van der Waals surface area (Å²) in [6.07, 6.45) is -5.97. The highest BCUT2D eigenvalue weighted by Crippen LogP contribution is 2.57. The minimum Gasteiger partial charge on any atom is -0.456 e. The zero-order valence-electron chi connectivity index (χ0n) is 10.8. The second-order valence-electron chi connectivity index (χ2n) is 4.03. The Kier molecular flexibility index (Phi) is 5.73. The average molecular weight is 368 g/mol. The number of halogens is 11. The maximum atomic E-state index is 13.0. The molecule has 0 heterocycles. The first kappa shape index (κ1) is 21.4. The molecule has 0 aliphatic heterocycles. The summed E-state index contributed by atoms with van der Waals surface area (Å²) in [7, 11) is 0. The number of rotatable bonds is 6. The zero-order chi connectivity index (χ0) is 18.9. The van der Waals surface area contributed by atoms with Gasteiger partial charge in [0.1, 0.15) is 0 Å². The third-order valence-corrected chi connectivity index (χ3v) is 2.30. The molecule has 0 fully saturated rings. The number of alkyl halides is 11. The van der Waals surface area contributed by atoms with Crippen molar-refractivity contribution in [3.8, 4) is 0 Å². The van der Waals surface area contributed by atoms with Crippen LogP contribution in [0.1, 0.15) is 6.92 Å². The third kappa shape index (κ3) is 3.68. The maximum absolute atomic E-state index is 13.0. The van der Waals surface area contributed by atoms with Gasteiger partial charge in [-0.25, -0.2) is 4.79 Å². The van der Waals surface area contributed by atoms with E-state index in [9.17, 15) is 53.1 Å². The molecule has 136 valence electrons. The van der Waals surface area contributed by atoms with Crippen molar-refractivity contribution in [1.29, 1.82) is 0 Å². The van der Waals surface area contributed by atoms with Gasteiger partial charge >= 0.3 is 35.8 Å². The molecule has 13 heteroatoms. The lowest BCUT2D eigenvalue weighted by molar-refractivity contribution is -0.423. The van der Waals surface area contributed by atoms with Crippen LogP contribution in [0, 0.1) is 0 Å². The second kappa shape index (κ2) is 6.15. The van der Waals surface area contributed by atoms with Crippen molar-refractivity contribution in [2.45, 2.75) is 36.8 Å². The fraction of sp³-hybridized carbons (Fsp3) is 0.700. The lowest BCUT2D eigenvalue weighted by atomic mass is 9.98. The van der Waals surface area contributed by atoms with Crippen LogP contribution in [-0.4, -0.2) is 42.4 Å². The Bertz CT molecular complexity index is 464. The molecule has 0 amide bonds. The minimum absolute atomic E-state index is 0.386. The molecule has 23 heavy (non-hydrogen) atoms. The van der Waals surface area contributed by atoms with E-state index in [4.69, 9.17) is 0 Å². The third-order valence-electron chi connectivity index (χ3n) is 2.30. The summed E-state index contributed by atoms with van der Waals surface area (Å²) in [6.45, 7) is -1.70. The van der Waals surface area contributed by atoms with Crippen molar-refractivity contribution >= 4 is 5.97 Å². The Labute approximate surface area is 120 Å². The van der Waals surface area contributed by atoms with Gasteiger partial charge in [-0.1, -0.05) is 6.08 Å². The van der Waals surface area contributed by atoms with Crippen LogP contribution < -0.4 is 0 Å². The molecular formula is C10H7F11O2. The molecule has 0 aliphatic carbocycles. The van der Waals surface area contributed by atoms with Crippen LogP contribution in [0.3, 0.4) is 0 Å². The fourth-order valence-electron chi connectivity index (χ4n) is 1.04. The zero-order valence-corrected chi connectivity index (χ0v) is 10.8. The normalized spacial score (nSPS) is 15.1. The van der Waals surface area contributed by atoms with E-state index in [0.29, 0.717) is 6.08 Å². The predicted octanol–water partition coefficient (Wildman–Crippen LogP) is 4.21. The van der Waals surface area contributed by atoms with Crippen LogP contribution in [0.4, 0.5) is 48.3 Å². The van der Waals surface area contributed by atoms with Gasteiger partial charge in [-0.3, -0.25) is 0 Å². The molecule has 0 aromatic carbocycles. The molecule has 0 aromatic rings. The lowest BCUT2D eigenvalue weighted by Crippen LogP contribution is -2.67. The van der Waals surface area contributed by atoms with E-state index in [0.717, 1.165) is 13.0 Å². The quantitative estimate of drug-likeness (QED) is 0.399. The summed E-state index contributed by atoms with van der Waals surface area (Å²) < 4.78 is 141. The highest BCUT2D eigenvalue weighted by molar-refractivity contribution is 5.81. The molecule has 2 nitrogen and oxygen atoms in total. The standard InChI is InChI=1S/C10H7F11O2/c1-2-3-5(22)23-4-6(11,12)7(13,14)8(15,16)9(17,18)10(19,20)21/h2-3H,4H2,1H3/b3-2+. The lowest BCUT2D eigenvalue weighted by Gasteiger charge is -2.36. The number of hydrogen-bond donors (Lipinski definition) is 0. The molecule has 0 saturated carbocycles. The van der Waals surface area contributed by atoms with Gasteiger partial charge < -0.3 is 4.74 Å². The Morgan fingerprint density at radius 3 is 1.61 bits per heavy atom. The molecule has 0 N–H and O–H groups in total. The van der Waals surface area contributed by atoms with Gasteiger partial charge in [0.25, 0.3) is 0 Å². The number of hydrogen-bond acceptors (Lipinski definition) is 2. The fourth-order valence-corrected chi connectivity index (χ4v) is 1.04. The molecule has 0 radical (unpaired) electrons. The molecular weight excluding hydrogens is 361 g/mol. The summed E-state index contributed by atoms with van der Waals surface area (Å²) in [4.78, 5) is 10.6. The van der Waals surface area contributed by atoms with Crippen LogP contribution in [0.2, 0.25) is 0 Å². The molecule has 0 spiro atoms. The Morgan fingerprint density at radius 1 is 0.826 bits per heavy atom. The number of ether oxygens (including phenoxy) is 1. The van der Waals surface area contributed by atoms with Crippen molar-refractivity contribution in [1.82, 2.24) is 0 Å². The topological polar surface area (TPSA) is 26.3 Å². The first-order chi connectivity index (χ1) is 9.95. The average Bonchev–Trinajstić information content (AvgIpc) is 2.34. The number of carbonyl (C=O) groups is 1. The minimum atomic E-state index is -7.51. The van der Waals surface area contributed by atoms with Gasteiger partial charge in [-0.15, -0.1) is 0 Å². The predicted molar refractivity (Wildman–Crippen MR) is 51.6 cm³/mol. The second-order valence-corrected chi connectivity index (χ2v) is 4.03. The van der Waals surface area contributed by atoms with Crippen molar-refractivity contribution in [2.24, 2.45) is 0 Å². The first-order valence-electron chi connectivity index (χ1n) is 5.33. The molecule has 0 aliphatic rings. The molecule has 0 unspecified atom stereocenters. The van der Waals surface area contributed by atoms with Crippen LogP contribution in [0.15, 0.2) is 12.2 Å². The van der Waals surface area contributed by atoms with E-state index >= 15 is 0 Å². The van der Waals surface area contributed by atoms with Crippen molar-refractivity contribution in [3.05, 3.63) is 12.2 Å². The molecule has 0 aromatic heterocycles. The molecule has 0 saturated heterocycles. The van der Waals surface area contributed by atoms with Crippen LogP contribution >= 0.6 is 0 Å². The van der Waals surface area contributed by atoms with Crippen LogP contribution in [0.5, 0.6) is 0 Å². The Balaban J connectivity index is 5.62. The van der Waals surface area contributed by atoms with E-state index in [1.165, 1.54) is 0 Å². The maximum Gasteiger partial charge on any atom is 0.460 e. The van der Waals surface area contributed by atoms with Gasteiger partial charge in [-0.05, 0) is 6.92 Å². The summed E-state index contributed by atoms with van der Waals surface area (Å²) in [5, 5.41) is 0. The highest BCUT2D eigenvalue weighted by Gasteiger charge is 2.87. The van der Waals surface area contributed by atoms with Crippen LogP contribution in [-0.2, 0) is 9.53 Å². The monoisotopic (exact) mass is 368 g/mol. The van der Waals surface area contributed by atoms with E-state index in [2.05, 4.69) is 4.74 Å². The van der Waals surface area contributed by atoms with Gasteiger partial charge in [0, 0.05) is 6.08 Å². The highest BCUT2D eigenvalue weighted by atomic mass is 19.4. The van der Waals surface area contributed by atoms with E-state index in [1.807, 2.05) is 0 Å². The summed E-state index contributed by atoms with van der Waals surface area (Å²) in [5.74, 6) is -30.1. The van der Waals surface area contributed by atoms with Crippen molar-refractivity contribution < 1.29 is 57.8 Å². The van der Waals surface area contributed by atoms with Gasteiger partial charge in [0.15, 0.2) is 6.61 Å². The first-order valence-corrected chi connectivity index (χ1v) is 5.33. The van der Waals surface area contributed by atoms with Gasteiger partial charge in [0.05, 0.1) is 0 Å². The number of esters is 1. The van der Waals surface area contributed by atoms with Gasteiger partial charge in [0.2, 0.25) is 0 Å². The Hall–Kier alpha value is -1.56. The SMILES string of the molecule is C/C=C/C(=O)OCC(F)(F)C(F)(F)C(F)(F)C(F)(F)C(F)(F)F. The van der Waals surface area contributed by atoms with E-state index in [1.54, 1.807) is 0 Å². The van der Waals surface area contributed by atoms with E-state index < -0.39 is 42.4 Å². The summed E-state index contributed by atoms with van der Waals surface area (Å²) >= 11 is 0. The van der Waals surface area contributed by atoms with Crippen molar-refractivity contribution in [3.63, 3.8) is 0 Å². The smallest absolute Gasteiger partial charge is 0.456 e. The van der Waals surface area contributed by atoms with Crippen LogP contribution in [0.25, 0.3) is 0 Å². The summed E-state index contributed by atoms with van der Waals surface area (Å²) in [5.41, 5.74) is 0. The van der Waals surface area contributed by atoms with E-state index in [-0.39, 0.29) is 0 Å². The molecule has 0 rings (SSSR count).